The number of hydrogen-bond acceptors (Lipinski definition) is 8. The van der Waals surface area contributed by atoms with E-state index >= 15 is 0 Å². The second-order valence-corrected chi connectivity index (χ2v) is 14.6. The molecule has 2 saturated heterocycles. The number of halogens is 3. The summed E-state index contributed by atoms with van der Waals surface area (Å²) < 4.78 is 18.7. The van der Waals surface area contributed by atoms with Crippen molar-refractivity contribution in [1.29, 1.82) is 5.26 Å². The van der Waals surface area contributed by atoms with E-state index in [2.05, 4.69) is 16.0 Å². The average Bonchev–Trinajstić information content (AvgIpc) is 3.17. The molecular formula is C41H43Cl3N4O5. The van der Waals surface area contributed by atoms with Gasteiger partial charge in [-0.15, -0.1) is 0 Å². The minimum atomic E-state index is -0.847. The third-order valence-corrected chi connectivity index (χ3v) is 10.9. The molecular weight excluding hydrogens is 735 g/mol. The maximum Gasteiger partial charge on any atom is 0.320 e. The van der Waals surface area contributed by atoms with Gasteiger partial charge in [0, 0.05) is 59.4 Å². The van der Waals surface area contributed by atoms with Gasteiger partial charge in [0.2, 0.25) is 0 Å². The summed E-state index contributed by atoms with van der Waals surface area (Å²) in [6.45, 7) is 5.13. The maximum absolute atomic E-state index is 12.1. The van der Waals surface area contributed by atoms with Gasteiger partial charge in [0.15, 0.2) is 0 Å². The van der Waals surface area contributed by atoms with Crippen molar-refractivity contribution in [2.24, 2.45) is 0 Å². The van der Waals surface area contributed by atoms with Crippen LogP contribution in [0.3, 0.4) is 0 Å². The second-order valence-electron chi connectivity index (χ2n) is 13.5. The zero-order valence-corrected chi connectivity index (χ0v) is 31.8. The number of benzene rings is 3. The molecule has 6 rings (SSSR count). The Balaban J connectivity index is 1.18. The third kappa shape index (κ3) is 10.1. The molecule has 2 fully saturated rings. The van der Waals surface area contributed by atoms with E-state index in [4.69, 9.17) is 49.0 Å². The highest BCUT2D eigenvalue weighted by molar-refractivity contribution is 6.37. The lowest BCUT2D eigenvalue weighted by atomic mass is 10.0. The number of carbonyl (C=O) groups is 1. The van der Waals surface area contributed by atoms with Crippen LogP contribution in [0.1, 0.15) is 67.2 Å². The molecule has 0 spiro atoms. The summed E-state index contributed by atoms with van der Waals surface area (Å²) in [5.41, 5.74) is 4.10. The van der Waals surface area contributed by atoms with Crippen LogP contribution in [0.5, 0.6) is 17.2 Å². The van der Waals surface area contributed by atoms with Crippen LogP contribution < -0.4 is 14.2 Å². The van der Waals surface area contributed by atoms with Crippen molar-refractivity contribution in [2.75, 3.05) is 32.8 Å². The van der Waals surface area contributed by atoms with Gasteiger partial charge >= 0.3 is 5.97 Å². The highest BCUT2D eigenvalue weighted by Crippen LogP contribution is 2.41. The van der Waals surface area contributed by atoms with Crippen LogP contribution in [-0.2, 0) is 24.6 Å². The number of carboxylic acids is 1. The van der Waals surface area contributed by atoms with Gasteiger partial charge < -0.3 is 24.2 Å². The van der Waals surface area contributed by atoms with E-state index in [0.717, 1.165) is 61.2 Å². The van der Waals surface area contributed by atoms with Crippen molar-refractivity contribution in [3.63, 3.8) is 0 Å². The summed E-state index contributed by atoms with van der Waals surface area (Å²) in [6.07, 6.45) is 10.2. The van der Waals surface area contributed by atoms with Crippen molar-refractivity contribution in [1.82, 2.24) is 14.8 Å². The van der Waals surface area contributed by atoms with Gasteiger partial charge in [0.05, 0.1) is 27.2 Å². The van der Waals surface area contributed by atoms with E-state index in [-0.39, 0.29) is 13.2 Å². The maximum atomic E-state index is 12.1. The molecule has 1 atom stereocenters. The SMILES string of the molecule is N#Cc1cncc(COc2cc(OCc3cccc(-c4cccc(OCCCN5CCCCC5)c4Cl)c3Cl)c(Cl)cc2CN2CCCCC2C(=O)O)c1. The molecule has 0 bridgehead atoms. The first-order valence-electron chi connectivity index (χ1n) is 18.1. The predicted molar refractivity (Wildman–Crippen MR) is 207 cm³/mol. The van der Waals surface area contributed by atoms with Gasteiger partial charge in [-0.25, -0.2) is 0 Å². The van der Waals surface area contributed by atoms with E-state index in [1.807, 2.05) is 41.3 Å². The minimum absolute atomic E-state index is 0.108. The van der Waals surface area contributed by atoms with Crippen LogP contribution in [0.2, 0.25) is 15.1 Å². The molecule has 1 aromatic heterocycles. The van der Waals surface area contributed by atoms with Crippen molar-refractivity contribution in [3.8, 4) is 34.4 Å². The van der Waals surface area contributed by atoms with Crippen LogP contribution in [0.25, 0.3) is 11.1 Å². The van der Waals surface area contributed by atoms with Gasteiger partial charge in [-0.05, 0) is 69.9 Å². The highest BCUT2D eigenvalue weighted by Gasteiger charge is 2.29. The summed E-state index contributed by atoms with van der Waals surface area (Å²) in [5, 5.41) is 20.6. The van der Waals surface area contributed by atoms with Crippen molar-refractivity contribution < 1.29 is 24.1 Å². The molecule has 2 aliphatic heterocycles. The Bertz CT molecular complexity index is 1930. The standard InChI is InChI=1S/C41H43Cl3N4O5/c42-34-20-31(25-48-17-5-2-12-35(48)41(49)50)37(52-26-29-19-28(22-45)23-46-24-29)21-38(34)53-27-30-9-6-10-32(39(30)43)33-11-7-13-36(40(33)44)51-18-8-16-47-14-3-1-4-15-47/h6-7,9-11,13,19-21,23-24,35H,1-5,8,12,14-18,25-27H2,(H,49,50). The summed E-state index contributed by atoms with van der Waals surface area (Å²) >= 11 is 20.7. The molecule has 0 saturated carbocycles. The molecule has 1 unspecified atom stereocenters. The molecule has 3 heterocycles. The zero-order chi connectivity index (χ0) is 37.2. The van der Waals surface area contributed by atoms with E-state index in [9.17, 15) is 15.2 Å². The zero-order valence-electron chi connectivity index (χ0n) is 29.5. The lowest BCUT2D eigenvalue weighted by molar-refractivity contribution is -0.144. The smallest absolute Gasteiger partial charge is 0.320 e. The Morgan fingerprint density at radius 1 is 0.830 bits per heavy atom. The topological polar surface area (TPSA) is 108 Å². The Labute approximate surface area is 325 Å². The fourth-order valence-electron chi connectivity index (χ4n) is 6.95. The first kappa shape index (κ1) is 38.7. The summed E-state index contributed by atoms with van der Waals surface area (Å²) in [6, 6.07) is 18.1. The molecule has 0 amide bonds. The van der Waals surface area contributed by atoms with E-state index in [0.29, 0.717) is 69.6 Å². The molecule has 9 nitrogen and oxygen atoms in total. The van der Waals surface area contributed by atoms with Crippen LogP contribution in [-0.4, -0.2) is 64.7 Å². The third-order valence-electron chi connectivity index (χ3n) is 9.75. The number of rotatable bonds is 15. The summed E-state index contributed by atoms with van der Waals surface area (Å²) in [4.78, 5) is 20.6. The molecule has 2 aliphatic rings. The molecule has 0 radical (unpaired) electrons. The van der Waals surface area contributed by atoms with Gasteiger partial charge in [-0.2, -0.15) is 5.26 Å². The number of pyridine rings is 1. The first-order valence-corrected chi connectivity index (χ1v) is 19.2. The number of aliphatic carboxylic acids is 1. The number of carboxylic acid groups (broad SMARTS) is 1. The lowest BCUT2D eigenvalue weighted by Crippen LogP contribution is -2.44. The second kappa shape index (κ2) is 18.8. The van der Waals surface area contributed by atoms with Gasteiger partial charge in [0.25, 0.3) is 0 Å². The van der Waals surface area contributed by atoms with E-state index in [1.165, 1.54) is 25.5 Å². The molecule has 53 heavy (non-hydrogen) atoms. The predicted octanol–water partition coefficient (Wildman–Crippen LogP) is 9.43. The van der Waals surface area contributed by atoms with Crippen LogP contribution in [0, 0.1) is 11.3 Å². The monoisotopic (exact) mass is 776 g/mol. The molecule has 0 aliphatic carbocycles. The molecule has 12 heteroatoms. The Hall–Kier alpha value is -4.04. The molecule has 3 aromatic carbocycles. The van der Waals surface area contributed by atoms with E-state index in [1.54, 1.807) is 24.4 Å². The number of hydrogen-bond donors (Lipinski definition) is 1. The molecule has 1 N–H and O–H groups in total. The van der Waals surface area contributed by atoms with Crippen LogP contribution in [0.15, 0.2) is 67.0 Å². The van der Waals surface area contributed by atoms with Gasteiger partial charge in [-0.1, -0.05) is 78.0 Å². The Kier molecular flexibility index (Phi) is 13.7. The normalized spacial score (nSPS) is 16.5. The highest BCUT2D eigenvalue weighted by atomic mass is 35.5. The minimum Gasteiger partial charge on any atom is -0.492 e. The van der Waals surface area contributed by atoms with Crippen LogP contribution >= 0.6 is 34.8 Å². The number of nitrogens with zero attached hydrogens (tertiary/aromatic N) is 4. The average molecular weight is 778 g/mol. The fourth-order valence-corrected chi connectivity index (χ4v) is 7.76. The van der Waals surface area contributed by atoms with Crippen molar-refractivity contribution >= 4 is 40.8 Å². The van der Waals surface area contributed by atoms with Gasteiger partial charge in [0.1, 0.15) is 42.6 Å². The van der Waals surface area contributed by atoms with Gasteiger partial charge in [-0.3, -0.25) is 14.7 Å². The quantitative estimate of drug-likeness (QED) is 0.118. The number of piperidine rings is 2. The molecule has 4 aromatic rings. The van der Waals surface area contributed by atoms with Crippen molar-refractivity contribution in [3.05, 3.63) is 104 Å². The number of likely N-dealkylation sites (tertiary alicyclic amines) is 2. The Morgan fingerprint density at radius 3 is 2.38 bits per heavy atom. The largest absolute Gasteiger partial charge is 0.492 e. The number of ether oxygens (including phenoxy) is 3. The molecule has 278 valence electrons. The Morgan fingerprint density at radius 2 is 1.58 bits per heavy atom. The van der Waals surface area contributed by atoms with E-state index < -0.39 is 12.0 Å². The van der Waals surface area contributed by atoms with Crippen LogP contribution in [0.4, 0.5) is 0 Å². The van der Waals surface area contributed by atoms with Crippen molar-refractivity contribution in [2.45, 2.75) is 70.7 Å². The first-order chi connectivity index (χ1) is 25.8. The number of aromatic nitrogens is 1. The number of nitriles is 1. The lowest BCUT2D eigenvalue weighted by Gasteiger charge is -2.33. The fraction of sp³-hybridized carbons (Fsp3) is 0.390. The summed E-state index contributed by atoms with van der Waals surface area (Å²) in [5.74, 6) is 0.637. The summed E-state index contributed by atoms with van der Waals surface area (Å²) in [7, 11) is 0.